The summed E-state index contributed by atoms with van der Waals surface area (Å²) in [7, 11) is 2.46. The van der Waals surface area contributed by atoms with Gasteiger partial charge in [-0.15, -0.1) is 11.8 Å². The smallest absolute Gasteiger partial charge is 0.373 e. The molecule has 3 atom stereocenters. The number of fused-ring (bicyclic) bond motifs is 1. The number of amides is 2. The number of β-lactam (4-membered cyclic amide) rings is 1. The molecule has 1 aromatic rings. The van der Waals surface area contributed by atoms with E-state index in [1.54, 1.807) is 12.1 Å². The molecule has 14 nitrogen and oxygen atoms in total. The number of carboxylic acids is 2. The molecule has 0 aliphatic carbocycles. The van der Waals surface area contributed by atoms with E-state index in [1.807, 2.05) is 0 Å². The summed E-state index contributed by atoms with van der Waals surface area (Å²) in [5, 5.41) is 29.7. The number of carbonyl (C=O) groups excluding carboxylic acids is 3. The first-order valence-electron chi connectivity index (χ1n) is 11.9. The fourth-order valence-corrected chi connectivity index (χ4v) is 5.50. The van der Waals surface area contributed by atoms with Gasteiger partial charge in [0.1, 0.15) is 29.5 Å². The van der Waals surface area contributed by atoms with Gasteiger partial charge in [0.05, 0.1) is 7.11 Å². The van der Waals surface area contributed by atoms with Gasteiger partial charge in [0.25, 0.3) is 11.6 Å². The van der Waals surface area contributed by atoms with Crippen molar-refractivity contribution in [2.24, 2.45) is 5.73 Å². The molecular formula is C25H29N3O11S. The van der Waals surface area contributed by atoms with Crippen LogP contribution < -0.4 is 11.1 Å². The number of phenols is 1. The summed E-state index contributed by atoms with van der Waals surface area (Å²) < 4.78 is 15.7. The Bertz CT molecular complexity index is 1250. The Balaban J connectivity index is 1.70. The highest BCUT2D eigenvalue weighted by molar-refractivity contribution is 8.00. The number of carbonyl (C=O) groups is 5. The van der Waals surface area contributed by atoms with Gasteiger partial charge < -0.3 is 40.6 Å². The molecule has 3 unspecified atom stereocenters. The van der Waals surface area contributed by atoms with Gasteiger partial charge in [-0.05, 0) is 36.6 Å². The minimum Gasteiger partial charge on any atom is -0.508 e. The van der Waals surface area contributed by atoms with E-state index >= 15 is 0 Å². The first-order chi connectivity index (χ1) is 18.9. The van der Waals surface area contributed by atoms with Crippen LogP contribution in [0.25, 0.3) is 6.08 Å². The number of benzene rings is 1. The van der Waals surface area contributed by atoms with Crippen LogP contribution >= 0.6 is 11.8 Å². The molecule has 2 amide bonds. The maximum atomic E-state index is 13.2. The van der Waals surface area contributed by atoms with E-state index in [-0.39, 0.29) is 42.1 Å². The lowest BCUT2D eigenvalue weighted by atomic mass is 9.97. The maximum absolute atomic E-state index is 13.2. The quantitative estimate of drug-likeness (QED) is 0.0696. The molecule has 1 fully saturated rings. The molecule has 216 valence electrons. The third-order valence-corrected chi connectivity index (χ3v) is 7.56. The second-order valence-electron chi connectivity index (χ2n) is 8.80. The third-order valence-electron chi connectivity index (χ3n) is 6.19. The lowest BCUT2D eigenvalue weighted by molar-refractivity contribution is -0.192. The normalized spacial score (nSPS) is 21.2. The number of nitrogens with zero attached hydrogens (tertiary/aromatic N) is 1. The number of nitrogens with one attached hydrogen (secondary N) is 1. The SMILES string of the molecule is COC(=Cc1ccc(O)cc1)C(=O)OCC1=C(C(=O)O)N2C(=O)C(NC(=O)CCCC(N)C(=O)O)(OC)C2SC1. The summed E-state index contributed by atoms with van der Waals surface area (Å²) in [5.41, 5.74) is 3.91. The Labute approximate surface area is 232 Å². The van der Waals surface area contributed by atoms with Crippen molar-refractivity contribution in [3.05, 3.63) is 46.9 Å². The van der Waals surface area contributed by atoms with E-state index in [0.717, 1.165) is 16.7 Å². The van der Waals surface area contributed by atoms with Crippen molar-refractivity contribution in [3.63, 3.8) is 0 Å². The molecule has 0 spiro atoms. The van der Waals surface area contributed by atoms with Crippen LogP contribution in [0.2, 0.25) is 0 Å². The second-order valence-corrected chi connectivity index (χ2v) is 9.87. The second kappa shape index (κ2) is 12.8. The lowest BCUT2D eigenvalue weighted by Crippen LogP contribution is -2.80. The fraction of sp³-hybridized carbons (Fsp3) is 0.400. The van der Waals surface area contributed by atoms with Crippen LogP contribution in [0, 0.1) is 0 Å². The van der Waals surface area contributed by atoms with Crippen LogP contribution in [-0.2, 0) is 38.2 Å². The summed E-state index contributed by atoms with van der Waals surface area (Å²) in [6, 6.07) is 4.81. The van der Waals surface area contributed by atoms with Gasteiger partial charge in [-0.2, -0.15) is 0 Å². The standard InChI is InChI=1S/C25H29N3O11S/c1-37-17(10-13-6-8-15(29)9-7-13)22(35)39-11-14-12-40-24-25(38-2,23(36)28(24)19(14)21(33)34)27-18(30)5-3-4-16(26)20(31)32/h6-10,16,24,29H,3-5,11-12,26H2,1-2H3,(H,27,30)(H,31,32)(H,33,34). The average Bonchev–Trinajstić information content (AvgIpc) is 2.93. The van der Waals surface area contributed by atoms with Crippen LogP contribution in [-0.4, -0.2) is 93.7 Å². The Morgan fingerprint density at radius 3 is 2.48 bits per heavy atom. The highest BCUT2D eigenvalue weighted by Gasteiger charge is 2.66. The van der Waals surface area contributed by atoms with Crippen molar-refractivity contribution < 1.29 is 53.5 Å². The average molecular weight is 580 g/mol. The molecule has 0 radical (unpaired) electrons. The summed E-state index contributed by atoms with van der Waals surface area (Å²) in [6.45, 7) is -0.448. The predicted molar refractivity (Wildman–Crippen MR) is 139 cm³/mol. The predicted octanol–water partition coefficient (Wildman–Crippen LogP) is 0.218. The van der Waals surface area contributed by atoms with E-state index in [4.69, 9.17) is 25.1 Å². The van der Waals surface area contributed by atoms with Gasteiger partial charge in [-0.1, -0.05) is 12.1 Å². The number of methoxy groups -OCH3 is 2. The fourth-order valence-electron chi connectivity index (χ4n) is 4.08. The van der Waals surface area contributed by atoms with Crippen molar-refractivity contribution in [3.8, 4) is 5.75 Å². The molecule has 0 aromatic heterocycles. The molecule has 40 heavy (non-hydrogen) atoms. The van der Waals surface area contributed by atoms with Crippen LogP contribution in [0.4, 0.5) is 0 Å². The Hall–Kier alpha value is -4.08. The molecule has 6 N–H and O–H groups in total. The number of aromatic hydroxyl groups is 1. The van der Waals surface area contributed by atoms with Crippen LogP contribution in [0.3, 0.4) is 0 Å². The van der Waals surface area contributed by atoms with E-state index in [9.17, 15) is 34.2 Å². The number of hydrogen-bond acceptors (Lipinski definition) is 11. The number of rotatable bonds is 13. The summed E-state index contributed by atoms with van der Waals surface area (Å²) in [4.78, 5) is 62.2. The van der Waals surface area contributed by atoms with Gasteiger partial charge in [0.2, 0.25) is 11.7 Å². The van der Waals surface area contributed by atoms with Gasteiger partial charge in [-0.25, -0.2) is 9.59 Å². The Morgan fingerprint density at radius 1 is 1.23 bits per heavy atom. The number of thioether (sulfide) groups is 1. The van der Waals surface area contributed by atoms with Crippen molar-refractivity contribution in [1.82, 2.24) is 10.2 Å². The molecule has 15 heteroatoms. The molecule has 2 aliphatic rings. The van der Waals surface area contributed by atoms with Gasteiger partial charge in [0.15, 0.2) is 0 Å². The van der Waals surface area contributed by atoms with E-state index < -0.39 is 59.2 Å². The molecule has 0 saturated carbocycles. The van der Waals surface area contributed by atoms with Crippen molar-refractivity contribution in [2.75, 3.05) is 26.6 Å². The number of hydrogen-bond donors (Lipinski definition) is 5. The largest absolute Gasteiger partial charge is 0.508 e. The molecule has 2 aliphatic heterocycles. The highest BCUT2D eigenvalue weighted by Crippen LogP contribution is 2.46. The zero-order valence-electron chi connectivity index (χ0n) is 21.6. The van der Waals surface area contributed by atoms with Crippen molar-refractivity contribution in [1.29, 1.82) is 0 Å². The minimum atomic E-state index is -1.82. The summed E-state index contributed by atoms with van der Waals surface area (Å²) in [6.07, 6.45) is 1.45. The van der Waals surface area contributed by atoms with E-state index in [0.29, 0.717) is 5.56 Å². The number of esters is 1. The lowest BCUT2D eigenvalue weighted by Gasteiger charge is -2.55. The zero-order valence-corrected chi connectivity index (χ0v) is 22.4. The summed E-state index contributed by atoms with van der Waals surface area (Å²) in [5.74, 6) is -5.02. The van der Waals surface area contributed by atoms with Crippen LogP contribution in [0.15, 0.2) is 41.3 Å². The first-order valence-corrected chi connectivity index (χ1v) is 13.0. The van der Waals surface area contributed by atoms with E-state index in [1.165, 1.54) is 32.4 Å². The van der Waals surface area contributed by atoms with Gasteiger partial charge in [0, 0.05) is 24.9 Å². The Morgan fingerprint density at radius 2 is 1.90 bits per heavy atom. The molecular weight excluding hydrogens is 550 g/mol. The van der Waals surface area contributed by atoms with Crippen molar-refractivity contribution in [2.45, 2.75) is 36.4 Å². The monoisotopic (exact) mass is 579 g/mol. The van der Waals surface area contributed by atoms with Gasteiger partial charge in [-0.3, -0.25) is 19.3 Å². The first kappa shape index (κ1) is 30.5. The molecule has 3 rings (SSSR count). The molecule has 1 saturated heterocycles. The molecule has 2 heterocycles. The highest BCUT2D eigenvalue weighted by atomic mass is 32.2. The Kier molecular flexibility index (Phi) is 9.78. The van der Waals surface area contributed by atoms with Crippen LogP contribution in [0.5, 0.6) is 5.75 Å². The number of phenolic OH excluding ortho intramolecular Hbond substituents is 1. The molecule has 1 aromatic carbocycles. The third kappa shape index (κ3) is 6.38. The zero-order chi connectivity index (χ0) is 29.6. The minimum absolute atomic E-state index is 0.0398. The summed E-state index contributed by atoms with van der Waals surface area (Å²) >= 11 is 1.11. The van der Waals surface area contributed by atoms with Gasteiger partial charge >= 0.3 is 17.9 Å². The van der Waals surface area contributed by atoms with Crippen LogP contribution in [0.1, 0.15) is 24.8 Å². The number of aliphatic carboxylic acids is 2. The molecule has 0 bridgehead atoms. The number of ether oxygens (including phenoxy) is 3. The number of carboxylic acid groups (broad SMARTS) is 2. The maximum Gasteiger partial charge on any atom is 0.373 e. The topological polar surface area (TPSA) is 215 Å². The van der Waals surface area contributed by atoms with E-state index in [2.05, 4.69) is 5.32 Å². The number of nitrogens with two attached hydrogens (primary N) is 1. The van der Waals surface area contributed by atoms with Crippen molar-refractivity contribution >= 4 is 47.6 Å².